The largest absolute Gasteiger partial charge is 0.509 e. The highest BCUT2D eigenvalue weighted by atomic mass is 16.3. The van der Waals surface area contributed by atoms with Crippen molar-refractivity contribution in [3.05, 3.63) is 41.2 Å². The molecule has 1 aliphatic heterocycles. The number of benzene rings is 1. The first kappa shape index (κ1) is 14.9. The summed E-state index contributed by atoms with van der Waals surface area (Å²) < 4.78 is 0. The van der Waals surface area contributed by atoms with E-state index in [1.807, 2.05) is 6.07 Å². The first-order chi connectivity index (χ1) is 10.4. The van der Waals surface area contributed by atoms with Gasteiger partial charge in [-0.1, -0.05) is 0 Å². The molecule has 0 saturated carbocycles. The second-order valence-electron chi connectivity index (χ2n) is 4.36. The summed E-state index contributed by atoms with van der Waals surface area (Å²) in [7, 11) is 0. The van der Waals surface area contributed by atoms with E-state index in [2.05, 4.69) is 0 Å². The van der Waals surface area contributed by atoms with Crippen LogP contribution in [0, 0.1) is 11.3 Å². The molecule has 9 nitrogen and oxygen atoms in total. The van der Waals surface area contributed by atoms with Gasteiger partial charge >= 0.3 is 6.03 Å². The van der Waals surface area contributed by atoms with Crippen molar-refractivity contribution in [2.75, 3.05) is 11.6 Å². The molecular formula is C13H11N5O4. The zero-order valence-corrected chi connectivity index (χ0v) is 11.2. The SMILES string of the molecule is N#Cc1ccc(N2CC(O)=C(C(N)=O)C(=O)N2C(N)=O)cc1. The van der Waals surface area contributed by atoms with E-state index < -0.39 is 29.2 Å². The van der Waals surface area contributed by atoms with Gasteiger partial charge in [-0.3, -0.25) is 14.6 Å². The number of carbonyl (C=O) groups excluding carboxylic acids is 3. The van der Waals surface area contributed by atoms with Crippen molar-refractivity contribution < 1.29 is 19.5 Å². The molecule has 22 heavy (non-hydrogen) atoms. The zero-order chi connectivity index (χ0) is 16.4. The summed E-state index contributed by atoms with van der Waals surface area (Å²) in [4.78, 5) is 34.9. The van der Waals surface area contributed by atoms with E-state index in [0.717, 1.165) is 5.01 Å². The first-order valence-corrected chi connectivity index (χ1v) is 6.00. The highest BCUT2D eigenvalue weighted by Crippen LogP contribution is 2.24. The minimum absolute atomic E-state index is 0.321. The Kier molecular flexibility index (Phi) is 3.68. The molecule has 0 aliphatic carbocycles. The molecule has 0 radical (unpaired) electrons. The van der Waals surface area contributed by atoms with Crippen molar-refractivity contribution in [3.8, 4) is 6.07 Å². The standard InChI is InChI=1S/C13H11N5O4/c14-5-7-1-3-8(4-2-7)17-6-9(19)10(11(15)20)12(21)18(17)13(16)22/h1-4,19H,6H2,(H2,15,20)(H2,16,22). The third kappa shape index (κ3) is 2.40. The third-order valence-electron chi connectivity index (χ3n) is 2.99. The lowest BCUT2D eigenvalue weighted by molar-refractivity contribution is -0.128. The van der Waals surface area contributed by atoms with E-state index in [1.54, 1.807) is 0 Å². The summed E-state index contributed by atoms with van der Waals surface area (Å²) in [5.41, 5.74) is 10.2. The van der Waals surface area contributed by atoms with Crippen LogP contribution in [0.5, 0.6) is 0 Å². The Morgan fingerprint density at radius 2 is 1.82 bits per heavy atom. The van der Waals surface area contributed by atoms with Crippen LogP contribution < -0.4 is 16.5 Å². The van der Waals surface area contributed by atoms with Crippen LogP contribution >= 0.6 is 0 Å². The van der Waals surface area contributed by atoms with Crippen LogP contribution in [0.2, 0.25) is 0 Å². The number of hydrogen-bond acceptors (Lipinski definition) is 6. The molecule has 0 saturated heterocycles. The molecule has 2 rings (SSSR count). The number of anilines is 1. The average molecular weight is 301 g/mol. The molecule has 1 aromatic rings. The molecule has 0 bridgehead atoms. The highest BCUT2D eigenvalue weighted by Gasteiger charge is 2.39. The Morgan fingerprint density at radius 3 is 2.27 bits per heavy atom. The van der Waals surface area contributed by atoms with Crippen LogP contribution in [0.1, 0.15) is 5.56 Å². The molecule has 1 heterocycles. The van der Waals surface area contributed by atoms with Crippen LogP contribution in [-0.4, -0.2) is 34.5 Å². The smallest absolute Gasteiger partial charge is 0.341 e. The number of rotatable bonds is 2. The van der Waals surface area contributed by atoms with Gasteiger partial charge in [-0.25, -0.2) is 4.79 Å². The minimum Gasteiger partial charge on any atom is -0.509 e. The molecule has 0 aromatic heterocycles. The lowest BCUT2D eigenvalue weighted by Gasteiger charge is -2.36. The number of imide groups is 1. The second kappa shape index (κ2) is 5.45. The Balaban J connectivity index is 2.50. The molecular weight excluding hydrogens is 290 g/mol. The molecule has 1 aliphatic rings. The summed E-state index contributed by atoms with van der Waals surface area (Å²) in [5.74, 6) is -2.85. The van der Waals surface area contributed by atoms with Gasteiger partial charge in [0.05, 0.1) is 23.9 Å². The third-order valence-corrected chi connectivity index (χ3v) is 2.99. The van der Waals surface area contributed by atoms with E-state index >= 15 is 0 Å². The predicted octanol–water partition coefficient (Wildman–Crippen LogP) is -0.502. The van der Waals surface area contributed by atoms with Gasteiger partial charge in [-0.15, -0.1) is 0 Å². The van der Waals surface area contributed by atoms with E-state index in [9.17, 15) is 19.5 Å². The number of amides is 4. The monoisotopic (exact) mass is 301 g/mol. The Labute approximate surface area is 124 Å². The molecule has 0 atom stereocenters. The lowest BCUT2D eigenvalue weighted by atomic mass is 10.1. The van der Waals surface area contributed by atoms with Crippen molar-refractivity contribution in [3.63, 3.8) is 0 Å². The van der Waals surface area contributed by atoms with Gasteiger partial charge in [-0.05, 0) is 24.3 Å². The van der Waals surface area contributed by atoms with Crippen LogP contribution in [0.3, 0.4) is 0 Å². The van der Waals surface area contributed by atoms with Gasteiger partial charge in [0.1, 0.15) is 11.3 Å². The topological polar surface area (TPSA) is 154 Å². The number of urea groups is 1. The normalized spacial score (nSPS) is 14.8. The number of carbonyl (C=O) groups is 3. The quantitative estimate of drug-likeness (QED) is 0.625. The Bertz CT molecular complexity index is 732. The van der Waals surface area contributed by atoms with Crippen LogP contribution in [0.4, 0.5) is 10.5 Å². The van der Waals surface area contributed by atoms with Crippen LogP contribution in [0.15, 0.2) is 35.6 Å². The average Bonchev–Trinajstić information content (AvgIpc) is 2.45. The van der Waals surface area contributed by atoms with Gasteiger partial charge in [-0.2, -0.15) is 10.3 Å². The second-order valence-corrected chi connectivity index (χ2v) is 4.36. The highest BCUT2D eigenvalue weighted by molar-refractivity contribution is 6.22. The molecule has 1 aromatic carbocycles. The molecule has 0 spiro atoms. The summed E-state index contributed by atoms with van der Waals surface area (Å²) in [5, 5.41) is 20.2. The minimum atomic E-state index is -1.16. The van der Waals surface area contributed by atoms with Gasteiger partial charge in [0.2, 0.25) is 0 Å². The molecule has 0 unspecified atom stereocenters. The molecule has 9 heteroatoms. The van der Waals surface area contributed by atoms with Gasteiger partial charge in [0.25, 0.3) is 11.8 Å². The summed E-state index contributed by atoms with van der Waals surface area (Å²) in [6.07, 6.45) is 0. The molecule has 0 fully saturated rings. The van der Waals surface area contributed by atoms with Crippen molar-refractivity contribution in [1.82, 2.24) is 5.01 Å². The van der Waals surface area contributed by atoms with Gasteiger partial charge in [0, 0.05) is 0 Å². The van der Waals surface area contributed by atoms with Crippen molar-refractivity contribution in [2.24, 2.45) is 11.5 Å². The zero-order valence-electron chi connectivity index (χ0n) is 11.2. The maximum absolute atomic E-state index is 12.1. The summed E-state index contributed by atoms with van der Waals surface area (Å²) in [6, 6.07) is 6.63. The Morgan fingerprint density at radius 1 is 1.23 bits per heavy atom. The van der Waals surface area contributed by atoms with E-state index in [-0.39, 0.29) is 6.54 Å². The Hall–Kier alpha value is -3.54. The number of aliphatic hydroxyl groups is 1. The number of nitrogens with two attached hydrogens (primary N) is 2. The van der Waals surface area contributed by atoms with Crippen molar-refractivity contribution in [2.45, 2.75) is 0 Å². The summed E-state index contributed by atoms with van der Waals surface area (Å²) in [6.45, 7) is -0.348. The molecule has 112 valence electrons. The summed E-state index contributed by atoms with van der Waals surface area (Å²) >= 11 is 0. The lowest BCUT2D eigenvalue weighted by Crippen LogP contribution is -2.58. The maximum Gasteiger partial charge on any atom is 0.341 e. The predicted molar refractivity (Wildman–Crippen MR) is 73.8 cm³/mol. The number of primary amides is 2. The van der Waals surface area contributed by atoms with Crippen LogP contribution in [0.25, 0.3) is 0 Å². The fourth-order valence-corrected chi connectivity index (χ4v) is 2.01. The number of nitrogens with zero attached hydrogens (tertiary/aromatic N) is 3. The number of nitriles is 1. The number of aliphatic hydroxyl groups excluding tert-OH is 1. The molecule has 5 N–H and O–H groups in total. The maximum atomic E-state index is 12.1. The van der Waals surface area contributed by atoms with Gasteiger partial charge < -0.3 is 16.6 Å². The number of hydrazine groups is 1. The fourth-order valence-electron chi connectivity index (χ4n) is 2.01. The van der Waals surface area contributed by atoms with E-state index in [0.29, 0.717) is 16.3 Å². The first-order valence-electron chi connectivity index (χ1n) is 6.00. The van der Waals surface area contributed by atoms with E-state index in [4.69, 9.17) is 16.7 Å². The van der Waals surface area contributed by atoms with Gasteiger partial charge in [0.15, 0.2) is 0 Å². The number of hydrogen-bond donors (Lipinski definition) is 3. The fraction of sp³-hybridized carbons (Fsp3) is 0.0769. The van der Waals surface area contributed by atoms with Crippen molar-refractivity contribution in [1.29, 1.82) is 5.26 Å². The van der Waals surface area contributed by atoms with Crippen LogP contribution in [-0.2, 0) is 9.59 Å². The molecule has 4 amide bonds. The van der Waals surface area contributed by atoms with Crippen molar-refractivity contribution >= 4 is 23.5 Å². The van der Waals surface area contributed by atoms with E-state index in [1.165, 1.54) is 24.3 Å².